The second kappa shape index (κ2) is 4.33. The largest absolute Gasteiger partial charge is 0.370 e. The van der Waals surface area contributed by atoms with Crippen molar-refractivity contribution >= 4 is 17.3 Å². The normalized spacial score (nSPS) is 12.6. The van der Waals surface area contributed by atoms with Gasteiger partial charge in [-0.2, -0.15) is 0 Å². The average molecular weight is 185 g/mol. The summed E-state index contributed by atoms with van der Waals surface area (Å²) < 4.78 is 0. The van der Waals surface area contributed by atoms with Crippen LogP contribution < -0.4 is 11.1 Å². The van der Waals surface area contributed by atoms with E-state index >= 15 is 0 Å². The minimum atomic E-state index is 0.0196. The van der Waals surface area contributed by atoms with E-state index in [1.165, 1.54) is 0 Å². The monoisotopic (exact) mass is 184 g/mol. The summed E-state index contributed by atoms with van der Waals surface area (Å²) in [7, 11) is 0. The van der Waals surface area contributed by atoms with Crippen molar-refractivity contribution in [1.82, 2.24) is 0 Å². The Morgan fingerprint density at radius 1 is 1.42 bits per heavy atom. The van der Waals surface area contributed by atoms with Gasteiger partial charge in [0.05, 0.1) is 6.17 Å². The zero-order chi connectivity index (χ0) is 8.97. The van der Waals surface area contributed by atoms with Crippen molar-refractivity contribution in [2.45, 2.75) is 19.5 Å². The van der Waals surface area contributed by atoms with E-state index in [1.807, 2.05) is 31.2 Å². The van der Waals surface area contributed by atoms with Crippen LogP contribution in [0.4, 0.5) is 5.69 Å². The lowest BCUT2D eigenvalue weighted by molar-refractivity contribution is 0.730. The number of benzene rings is 1. The van der Waals surface area contributed by atoms with Gasteiger partial charge in [-0.15, -0.1) is 0 Å². The molecule has 0 saturated carbocycles. The molecule has 0 saturated heterocycles. The van der Waals surface area contributed by atoms with Crippen LogP contribution in [-0.2, 0) is 0 Å². The molecule has 0 amide bonds. The highest BCUT2D eigenvalue weighted by atomic mass is 35.5. The molecule has 1 unspecified atom stereocenters. The number of halogens is 1. The predicted octanol–water partition coefficient (Wildman–Crippen LogP) is 2.45. The van der Waals surface area contributed by atoms with Gasteiger partial charge in [0.1, 0.15) is 0 Å². The Kier molecular flexibility index (Phi) is 3.38. The third kappa shape index (κ3) is 2.72. The van der Waals surface area contributed by atoms with Gasteiger partial charge in [-0.05, 0) is 30.7 Å². The Labute approximate surface area is 77.7 Å². The van der Waals surface area contributed by atoms with E-state index in [2.05, 4.69) is 5.32 Å². The Balaban J connectivity index is 2.58. The standard InChI is InChI=1S/C9H13ClN2/c1-2-9(11)12-8-5-3-7(10)4-6-8/h3-6,9,12H,2,11H2,1H3. The summed E-state index contributed by atoms with van der Waals surface area (Å²) in [5, 5.41) is 3.88. The van der Waals surface area contributed by atoms with E-state index in [-0.39, 0.29) is 6.17 Å². The third-order valence-electron chi connectivity index (χ3n) is 1.64. The molecule has 2 nitrogen and oxygen atoms in total. The highest BCUT2D eigenvalue weighted by Crippen LogP contribution is 2.13. The van der Waals surface area contributed by atoms with E-state index in [9.17, 15) is 0 Å². The summed E-state index contributed by atoms with van der Waals surface area (Å²) in [5.41, 5.74) is 6.71. The topological polar surface area (TPSA) is 38.0 Å². The van der Waals surface area contributed by atoms with E-state index < -0.39 is 0 Å². The van der Waals surface area contributed by atoms with Crippen molar-refractivity contribution in [2.24, 2.45) is 5.73 Å². The Morgan fingerprint density at radius 2 is 2.00 bits per heavy atom. The molecule has 0 bridgehead atoms. The maximum atomic E-state index is 5.72. The molecule has 12 heavy (non-hydrogen) atoms. The molecule has 3 N–H and O–H groups in total. The highest BCUT2D eigenvalue weighted by molar-refractivity contribution is 6.30. The first-order chi connectivity index (χ1) is 5.72. The first kappa shape index (κ1) is 9.36. The number of hydrogen-bond acceptors (Lipinski definition) is 2. The van der Waals surface area contributed by atoms with Crippen molar-refractivity contribution in [3.8, 4) is 0 Å². The van der Waals surface area contributed by atoms with Crippen LogP contribution in [0.1, 0.15) is 13.3 Å². The zero-order valence-electron chi connectivity index (χ0n) is 7.05. The van der Waals surface area contributed by atoms with Gasteiger partial charge in [-0.3, -0.25) is 0 Å². The van der Waals surface area contributed by atoms with Gasteiger partial charge in [-0.1, -0.05) is 18.5 Å². The van der Waals surface area contributed by atoms with Gasteiger partial charge in [0, 0.05) is 10.7 Å². The van der Waals surface area contributed by atoms with Gasteiger partial charge in [0.15, 0.2) is 0 Å². The SMILES string of the molecule is CCC(N)Nc1ccc(Cl)cc1. The number of nitrogens with one attached hydrogen (secondary N) is 1. The van der Waals surface area contributed by atoms with E-state index in [4.69, 9.17) is 17.3 Å². The van der Waals surface area contributed by atoms with Gasteiger partial charge in [0.25, 0.3) is 0 Å². The molecule has 1 aromatic rings. The first-order valence-corrected chi connectivity index (χ1v) is 4.38. The minimum Gasteiger partial charge on any atom is -0.370 e. The van der Waals surface area contributed by atoms with Crippen molar-refractivity contribution in [3.63, 3.8) is 0 Å². The Morgan fingerprint density at radius 3 is 2.50 bits per heavy atom. The lowest BCUT2D eigenvalue weighted by Crippen LogP contribution is -2.28. The van der Waals surface area contributed by atoms with Crippen LogP contribution in [0.15, 0.2) is 24.3 Å². The number of rotatable bonds is 3. The van der Waals surface area contributed by atoms with Gasteiger partial charge in [0.2, 0.25) is 0 Å². The van der Waals surface area contributed by atoms with Crippen LogP contribution in [0.2, 0.25) is 5.02 Å². The van der Waals surface area contributed by atoms with Gasteiger partial charge < -0.3 is 11.1 Å². The van der Waals surface area contributed by atoms with Crippen LogP contribution in [0.3, 0.4) is 0 Å². The molecule has 0 heterocycles. The van der Waals surface area contributed by atoms with Gasteiger partial charge in [-0.25, -0.2) is 0 Å². The third-order valence-corrected chi connectivity index (χ3v) is 1.89. The molecule has 0 spiro atoms. The van der Waals surface area contributed by atoms with Crippen molar-refractivity contribution in [3.05, 3.63) is 29.3 Å². The molecule has 1 atom stereocenters. The van der Waals surface area contributed by atoms with E-state index in [1.54, 1.807) is 0 Å². The van der Waals surface area contributed by atoms with E-state index in [0.29, 0.717) is 0 Å². The number of anilines is 1. The summed E-state index contributed by atoms with van der Waals surface area (Å²) in [5.74, 6) is 0. The lowest BCUT2D eigenvalue weighted by atomic mass is 10.3. The second-order valence-corrected chi connectivity index (χ2v) is 3.10. The quantitative estimate of drug-likeness (QED) is 0.709. The molecule has 0 radical (unpaired) electrons. The lowest BCUT2D eigenvalue weighted by Gasteiger charge is -2.12. The van der Waals surface area contributed by atoms with E-state index in [0.717, 1.165) is 17.1 Å². The number of nitrogens with two attached hydrogens (primary N) is 1. The van der Waals surface area contributed by atoms with Crippen LogP contribution >= 0.6 is 11.6 Å². The molecular formula is C9H13ClN2. The molecule has 1 rings (SSSR count). The second-order valence-electron chi connectivity index (χ2n) is 2.67. The molecule has 0 aliphatic heterocycles. The molecule has 1 aromatic carbocycles. The maximum Gasteiger partial charge on any atom is 0.0740 e. The fourth-order valence-electron chi connectivity index (χ4n) is 0.862. The molecule has 0 aliphatic carbocycles. The Hall–Kier alpha value is -0.730. The predicted molar refractivity (Wildman–Crippen MR) is 53.3 cm³/mol. The summed E-state index contributed by atoms with van der Waals surface area (Å²) in [4.78, 5) is 0. The summed E-state index contributed by atoms with van der Waals surface area (Å²) >= 11 is 5.72. The summed E-state index contributed by atoms with van der Waals surface area (Å²) in [6.07, 6.45) is 0.925. The Bertz CT molecular complexity index is 233. The average Bonchev–Trinajstić information content (AvgIpc) is 2.09. The first-order valence-electron chi connectivity index (χ1n) is 4.00. The van der Waals surface area contributed by atoms with Crippen molar-refractivity contribution < 1.29 is 0 Å². The molecule has 66 valence electrons. The summed E-state index contributed by atoms with van der Waals surface area (Å²) in [6.45, 7) is 2.04. The van der Waals surface area contributed by atoms with Crippen LogP contribution in [0.25, 0.3) is 0 Å². The molecule has 0 fully saturated rings. The van der Waals surface area contributed by atoms with Crippen molar-refractivity contribution in [2.75, 3.05) is 5.32 Å². The van der Waals surface area contributed by atoms with Crippen molar-refractivity contribution in [1.29, 1.82) is 0 Å². The molecule has 0 aliphatic rings. The fraction of sp³-hybridized carbons (Fsp3) is 0.333. The van der Waals surface area contributed by atoms with Crippen LogP contribution in [-0.4, -0.2) is 6.17 Å². The summed E-state index contributed by atoms with van der Waals surface area (Å²) in [6, 6.07) is 7.51. The minimum absolute atomic E-state index is 0.0196. The smallest absolute Gasteiger partial charge is 0.0740 e. The molecule has 0 aromatic heterocycles. The molecular weight excluding hydrogens is 172 g/mol. The van der Waals surface area contributed by atoms with Crippen LogP contribution in [0.5, 0.6) is 0 Å². The zero-order valence-corrected chi connectivity index (χ0v) is 7.81. The van der Waals surface area contributed by atoms with Gasteiger partial charge >= 0.3 is 0 Å². The molecule has 3 heteroatoms. The number of hydrogen-bond donors (Lipinski definition) is 2. The fourth-order valence-corrected chi connectivity index (χ4v) is 0.988. The maximum absolute atomic E-state index is 5.72. The highest BCUT2D eigenvalue weighted by Gasteiger charge is 1.97. The van der Waals surface area contributed by atoms with Crippen LogP contribution in [0, 0.1) is 0 Å².